The van der Waals surface area contributed by atoms with Gasteiger partial charge in [0, 0.05) is 0 Å². The predicted molar refractivity (Wildman–Crippen MR) is 130 cm³/mol. The summed E-state index contributed by atoms with van der Waals surface area (Å²) in [6.45, 7) is 14.6. The molecule has 1 aromatic carbocycles. The molecule has 4 rings (SSSR count). The Morgan fingerprint density at radius 2 is 1.53 bits per heavy atom. The average Bonchev–Trinajstić information content (AvgIpc) is 3.38. The van der Waals surface area contributed by atoms with E-state index < -0.39 is 20.0 Å². The minimum absolute atomic E-state index is 0.331. The second-order valence-corrected chi connectivity index (χ2v) is 28.4. The summed E-state index contributed by atoms with van der Waals surface area (Å²) in [7, 11) is 0. The van der Waals surface area contributed by atoms with Crippen molar-refractivity contribution in [3.05, 3.63) is 60.0 Å². The molecule has 30 heavy (non-hydrogen) atoms. The molecule has 1 aromatic rings. The standard InChI is InChI=1S/C17H21.C10H15.2CH3.Hf/c1-2-3-4-6-14-11-12-15-10-9-13-7-5-8-16(13)17(14)15;1-6-7(2)9(4)10(5)8(6)3;;;/h9-10H,2-8,12H2,1H3;1-5H3;2*1H3;. The maximum atomic E-state index is 2.77. The van der Waals surface area contributed by atoms with Crippen molar-refractivity contribution in [2.45, 2.75) is 105 Å². The Kier molecular flexibility index (Phi) is 6.02. The van der Waals surface area contributed by atoms with Crippen LogP contribution in [-0.4, -0.2) is 0 Å². The molecule has 0 unspecified atom stereocenters. The topological polar surface area (TPSA) is 0 Å². The van der Waals surface area contributed by atoms with E-state index in [9.17, 15) is 0 Å². The van der Waals surface area contributed by atoms with Crippen LogP contribution in [0.3, 0.4) is 0 Å². The first-order chi connectivity index (χ1) is 14.2. The van der Waals surface area contributed by atoms with Crippen LogP contribution >= 0.6 is 0 Å². The van der Waals surface area contributed by atoms with Crippen LogP contribution in [0.1, 0.15) is 95.9 Å². The number of aryl methyl sites for hydroxylation is 1. The first-order valence-corrected chi connectivity index (χ1v) is 23.2. The van der Waals surface area contributed by atoms with Crippen molar-refractivity contribution < 1.29 is 20.0 Å². The van der Waals surface area contributed by atoms with Gasteiger partial charge in [-0.1, -0.05) is 0 Å². The van der Waals surface area contributed by atoms with E-state index in [1.807, 2.05) is 8.90 Å². The number of rotatable bonds is 6. The third-order valence-electron chi connectivity index (χ3n) is 9.62. The molecular formula is C29H42Hf. The number of benzene rings is 1. The molecule has 0 saturated heterocycles. The van der Waals surface area contributed by atoms with Crippen LogP contribution < -0.4 is 0 Å². The van der Waals surface area contributed by atoms with Gasteiger partial charge >= 0.3 is 191 Å². The van der Waals surface area contributed by atoms with Crippen molar-refractivity contribution in [3.8, 4) is 0 Å². The van der Waals surface area contributed by atoms with Gasteiger partial charge in [0.1, 0.15) is 0 Å². The van der Waals surface area contributed by atoms with E-state index in [2.05, 4.69) is 63.0 Å². The molecule has 0 amide bonds. The second kappa shape index (κ2) is 8.02. The molecule has 0 bridgehead atoms. The molecule has 0 heterocycles. The Labute approximate surface area is 190 Å². The third-order valence-corrected chi connectivity index (χ3v) is 28.4. The molecule has 0 radical (unpaired) electrons. The second-order valence-electron chi connectivity index (χ2n) is 10.9. The number of unbranched alkanes of at least 4 members (excludes halogenated alkanes) is 2. The third kappa shape index (κ3) is 3.08. The van der Waals surface area contributed by atoms with E-state index in [1.54, 1.807) is 44.5 Å². The van der Waals surface area contributed by atoms with E-state index >= 15 is 0 Å². The Hall–Kier alpha value is -0.690. The number of hydrogen-bond acceptors (Lipinski definition) is 0. The number of allylic oxidation sites excluding steroid dienone is 6. The van der Waals surface area contributed by atoms with Crippen molar-refractivity contribution in [3.63, 3.8) is 0 Å². The predicted octanol–water partition coefficient (Wildman–Crippen LogP) is 9.14. The van der Waals surface area contributed by atoms with Crippen LogP contribution in [0.5, 0.6) is 0 Å². The van der Waals surface area contributed by atoms with Crippen LogP contribution in [0, 0.1) is 0 Å². The molecule has 3 aliphatic rings. The summed E-state index contributed by atoms with van der Waals surface area (Å²) in [4.78, 5) is 0. The molecule has 0 aromatic heterocycles. The summed E-state index contributed by atoms with van der Waals surface area (Å²) < 4.78 is 7.83. The molecule has 0 aliphatic heterocycles. The Morgan fingerprint density at radius 1 is 0.900 bits per heavy atom. The van der Waals surface area contributed by atoms with E-state index in [0.29, 0.717) is 3.17 Å². The minimum atomic E-state index is -2.89. The first-order valence-electron chi connectivity index (χ1n) is 12.4. The maximum absolute atomic E-state index is 2.89. The summed E-state index contributed by atoms with van der Waals surface area (Å²) in [6.07, 6.45) is 10.6. The SMILES string of the molecule is CCCCCC1=[C]([Hf]([CH3])([CH3])[C]2(C)C(C)=C(C)C(C)=C2C)Cc2ccc3c(c21)CCC3. The molecule has 0 nitrogen and oxygen atoms in total. The summed E-state index contributed by atoms with van der Waals surface area (Å²) in [5.41, 5.74) is 15.2. The molecule has 0 spiro atoms. The number of fused-ring (bicyclic) bond motifs is 3. The van der Waals surface area contributed by atoms with Crippen molar-refractivity contribution >= 4 is 5.57 Å². The molecular weight excluding hydrogens is 527 g/mol. The zero-order valence-corrected chi connectivity index (χ0v) is 24.4. The van der Waals surface area contributed by atoms with Crippen molar-refractivity contribution in [2.24, 2.45) is 0 Å². The molecule has 3 aliphatic carbocycles. The van der Waals surface area contributed by atoms with Crippen LogP contribution in [-0.2, 0) is 39.2 Å². The number of hydrogen-bond donors (Lipinski definition) is 0. The molecule has 162 valence electrons. The van der Waals surface area contributed by atoms with Crippen molar-refractivity contribution in [2.75, 3.05) is 0 Å². The Morgan fingerprint density at radius 3 is 2.17 bits per heavy atom. The molecule has 0 saturated carbocycles. The van der Waals surface area contributed by atoms with Gasteiger partial charge in [-0.25, -0.2) is 0 Å². The van der Waals surface area contributed by atoms with Gasteiger partial charge in [0.2, 0.25) is 0 Å². The summed E-state index contributed by atoms with van der Waals surface area (Å²) >= 11 is -2.89. The fourth-order valence-electron chi connectivity index (χ4n) is 6.95. The van der Waals surface area contributed by atoms with E-state index in [0.717, 1.165) is 0 Å². The summed E-state index contributed by atoms with van der Waals surface area (Å²) in [5.74, 6) is 0. The Balaban J connectivity index is 1.88. The monoisotopic (exact) mass is 570 g/mol. The average molecular weight is 569 g/mol. The molecule has 0 N–H and O–H groups in total. The van der Waals surface area contributed by atoms with Gasteiger partial charge in [0.05, 0.1) is 0 Å². The fourth-order valence-corrected chi connectivity index (χ4v) is 23.1. The van der Waals surface area contributed by atoms with E-state index in [-0.39, 0.29) is 0 Å². The van der Waals surface area contributed by atoms with Crippen LogP contribution in [0.15, 0.2) is 37.8 Å². The molecule has 1 heteroatoms. The molecule has 0 fully saturated rings. The van der Waals surface area contributed by atoms with E-state index in [4.69, 9.17) is 0 Å². The van der Waals surface area contributed by atoms with Gasteiger partial charge in [0.15, 0.2) is 0 Å². The van der Waals surface area contributed by atoms with Crippen LogP contribution in [0.4, 0.5) is 0 Å². The normalized spacial score (nSPS) is 20.5. The van der Waals surface area contributed by atoms with Crippen molar-refractivity contribution in [1.29, 1.82) is 0 Å². The van der Waals surface area contributed by atoms with Gasteiger partial charge in [0.25, 0.3) is 0 Å². The van der Waals surface area contributed by atoms with Crippen LogP contribution in [0.25, 0.3) is 5.57 Å². The van der Waals surface area contributed by atoms with Crippen LogP contribution in [0.2, 0.25) is 12.5 Å². The quantitative estimate of drug-likeness (QED) is 0.237. The van der Waals surface area contributed by atoms with Gasteiger partial charge in [-0.05, 0) is 0 Å². The van der Waals surface area contributed by atoms with Crippen molar-refractivity contribution in [1.82, 2.24) is 0 Å². The van der Waals surface area contributed by atoms with E-state index in [1.165, 1.54) is 51.4 Å². The van der Waals surface area contributed by atoms with Gasteiger partial charge in [-0.3, -0.25) is 0 Å². The van der Waals surface area contributed by atoms with Gasteiger partial charge < -0.3 is 0 Å². The fraction of sp³-hybridized carbons (Fsp3) is 0.586. The zero-order chi connectivity index (χ0) is 21.8. The zero-order valence-electron chi connectivity index (χ0n) is 20.8. The first kappa shape index (κ1) is 22.5. The Bertz CT molecular complexity index is 956. The van der Waals surface area contributed by atoms with Gasteiger partial charge in [-0.2, -0.15) is 0 Å². The van der Waals surface area contributed by atoms with Gasteiger partial charge in [-0.15, -0.1) is 0 Å². The summed E-state index contributed by atoms with van der Waals surface area (Å²) in [5, 5.41) is 0. The molecule has 0 atom stereocenters. The summed E-state index contributed by atoms with van der Waals surface area (Å²) in [6, 6.07) is 4.98.